The Morgan fingerprint density at radius 3 is 2.38 bits per heavy atom. The molecule has 5 heteroatoms. The number of thiophene rings is 1. The SMILES string of the molecule is CC(C)(C(=O)O)c1ccc(NC(=O)Cc2ccsc2)cc1. The van der Waals surface area contributed by atoms with Crippen LogP contribution < -0.4 is 5.32 Å². The Hall–Kier alpha value is -2.14. The van der Waals surface area contributed by atoms with Crippen molar-refractivity contribution in [1.29, 1.82) is 0 Å². The van der Waals surface area contributed by atoms with Crippen LogP contribution in [0.1, 0.15) is 25.0 Å². The van der Waals surface area contributed by atoms with Crippen molar-refractivity contribution < 1.29 is 14.7 Å². The first kappa shape index (κ1) is 15.3. The number of carboxylic acids is 1. The maximum atomic E-state index is 11.9. The van der Waals surface area contributed by atoms with Gasteiger partial charge in [-0.15, -0.1) is 0 Å². The van der Waals surface area contributed by atoms with Crippen LogP contribution in [0.25, 0.3) is 0 Å². The average molecular weight is 303 g/mol. The molecule has 0 saturated heterocycles. The Bertz CT molecular complexity index is 630. The molecule has 1 amide bonds. The summed E-state index contributed by atoms with van der Waals surface area (Å²) in [5, 5.41) is 15.9. The summed E-state index contributed by atoms with van der Waals surface area (Å²) in [7, 11) is 0. The fourth-order valence-electron chi connectivity index (χ4n) is 1.88. The first-order chi connectivity index (χ1) is 9.89. The molecule has 0 saturated carbocycles. The molecule has 0 aliphatic rings. The quantitative estimate of drug-likeness (QED) is 0.890. The second kappa shape index (κ2) is 6.10. The normalized spacial score (nSPS) is 11.1. The van der Waals surface area contributed by atoms with Crippen LogP contribution in [0.5, 0.6) is 0 Å². The highest BCUT2D eigenvalue weighted by Gasteiger charge is 2.29. The molecule has 110 valence electrons. The smallest absolute Gasteiger partial charge is 0.313 e. The molecule has 2 N–H and O–H groups in total. The van der Waals surface area contributed by atoms with Crippen molar-refractivity contribution in [2.24, 2.45) is 0 Å². The van der Waals surface area contributed by atoms with Gasteiger partial charge in [0.25, 0.3) is 0 Å². The lowest BCUT2D eigenvalue weighted by Gasteiger charge is -2.19. The van der Waals surface area contributed by atoms with Gasteiger partial charge in [-0.3, -0.25) is 9.59 Å². The summed E-state index contributed by atoms with van der Waals surface area (Å²) in [6, 6.07) is 8.84. The zero-order valence-electron chi connectivity index (χ0n) is 11.9. The highest BCUT2D eigenvalue weighted by molar-refractivity contribution is 7.08. The minimum atomic E-state index is -0.945. The van der Waals surface area contributed by atoms with Gasteiger partial charge in [0, 0.05) is 5.69 Å². The van der Waals surface area contributed by atoms with Crippen molar-refractivity contribution in [2.75, 3.05) is 5.32 Å². The number of hydrogen-bond donors (Lipinski definition) is 2. The number of aliphatic carboxylic acids is 1. The van der Waals surface area contributed by atoms with Crippen molar-refractivity contribution >= 4 is 28.9 Å². The van der Waals surface area contributed by atoms with Crippen LogP contribution in [0.2, 0.25) is 0 Å². The Labute approximate surface area is 127 Å². The fraction of sp³-hybridized carbons (Fsp3) is 0.250. The van der Waals surface area contributed by atoms with Crippen molar-refractivity contribution in [3.8, 4) is 0 Å². The molecule has 4 nitrogen and oxygen atoms in total. The maximum Gasteiger partial charge on any atom is 0.313 e. The molecule has 0 unspecified atom stereocenters. The van der Waals surface area contributed by atoms with Crippen LogP contribution in [0, 0.1) is 0 Å². The van der Waals surface area contributed by atoms with Gasteiger partial charge in [-0.1, -0.05) is 12.1 Å². The summed E-state index contributed by atoms with van der Waals surface area (Å²) >= 11 is 1.56. The largest absolute Gasteiger partial charge is 0.481 e. The summed E-state index contributed by atoms with van der Waals surface area (Å²) in [6.07, 6.45) is 0.339. The van der Waals surface area contributed by atoms with E-state index in [2.05, 4.69) is 5.32 Å². The fourth-order valence-corrected chi connectivity index (χ4v) is 2.55. The summed E-state index contributed by atoms with van der Waals surface area (Å²) in [6.45, 7) is 3.30. The molecule has 1 aromatic carbocycles. The zero-order valence-corrected chi connectivity index (χ0v) is 12.7. The average Bonchev–Trinajstić information content (AvgIpc) is 2.91. The van der Waals surface area contributed by atoms with Crippen LogP contribution in [-0.2, 0) is 21.4 Å². The molecular weight excluding hydrogens is 286 g/mol. The molecule has 0 radical (unpaired) electrons. The lowest BCUT2D eigenvalue weighted by molar-refractivity contribution is -0.142. The number of benzene rings is 1. The van der Waals surface area contributed by atoms with E-state index in [1.54, 1.807) is 49.4 Å². The Morgan fingerprint density at radius 2 is 1.86 bits per heavy atom. The molecule has 1 aromatic heterocycles. The predicted octanol–water partition coefficient (Wildman–Crippen LogP) is 3.29. The lowest BCUT2D eigenvalue weighted by Crippen LogP contribution is -2.28. The van der Waals surface area contributed by atoms with Gasteiger partial charge in [0.2, 0.25) is 5.91 Å². The molecule has 0 aliphatic carbocycles. The zero-order chi connectivity index (χ0) is 15.5. The number of hydrogen-bond acceptors (Lipinski definition) is 3. The van der Waals surface area contributed by atoms with Crippen LogP contribution >= 0.6 is 11.3 Å². The van der Waals surface area contributed by atoms with Crippen molar-refractivity contribution in [2.45, 2.75) is 25.7 Å². The van der Waals surface area contributed by atoms with Crippen LogP contribution in [0.4, 0.5) is 5.69 Å². The Morgan fingerprint density at radius 1 is 1.19 bits per heavy atom. The molecular formula is C16H17NO3S. The second-order valence-corrected chi connectivity index (χ2v) is 6.14. The van der Waals surface area contributed by atoms with E-state index in [1.807, 2.05) is 16.8 Å². The number of carbonyl (C=O) groups is 2. The number of amides is 1. The van der Waals surface area contributed by atoms with Crippen LogP contribution in [-0.4, -0.2) is 17.0 Å². The summed E-state index contributed by atoms with van der Waals surface area (Å²) in [5.74, 6) is -0.963. The number of carboxylic acid groups (broad SMARTS) is 1. The Balaban J connectivity index is 2.02. The van der Waals surface area contributed by atoms with Gasteiger partial charge in [0.15, 0.2) is 0 Å². The van der Waals surface area contributed by atoms with Gasteiger partial charge in [-0.05, 0) is 53.9 Å². The van der Waals surface area contributed by atoms with E-state index in [4.69, 9.17) is 0 Å². The first-order valence-corrected chi connectivity index (χ1v) is 7.49. The molecule has 0 aliphatic heterocycles. The van der Waals surface area contributed by atoms with Crippen LogP contribution in [0.3, 0.4) is 0 Å². The van der Waals surface area contributed by atoms with Crippen molar-refractivity contribution in [3.05, 3.63) is 52.2 Å². The molecule has 2 aromatic rings. The second-order valence-electron chi connectivity index (χ2n) is 5.36. The molecule has 0 bridgehead atoms. The number of anilines is 1. The van der Waals surface area contributed by atoms with E-state index >= 15 is 0 Å². The lowest BCUT2D eigenvalue weighted by atomic mass is 9.85. The molecule has 0 atom stereocenters. The van der Waals surface area contributed by atoms with E-state index in [0.29, 0.717) is 17.7 Å². The van der Waals surface area contributed by atoms with E-state index in [-0.39, 0.29) is 5.91 Å². The molecule has 21 heavy (non-hydrogen) atoms. The number of rotatable bonds is 5. The highest BCUT2D eigenvalue weighted by atomic mass is 32.1. The maximum absolute atomic E-state index is 11.9. The topological polar surface area (TPSA) is 66.4 Å². The highest BCUT2D eigenvalue weighted by Crippen LogP contribution is 2.24. The first-order valence-electron chi connectivity index (χ1n) is 6.54. The van der Waals surface area contributed by atoms with E-state index in [1.165, 1.54) is 0 Å². The number of carbonyl (C=O) groups excluding carboxylic acids is 1. The molecule has 0 spiro atoms. The molecule has 1 heterocycles. The summed E-state index contributed by atoms with van der Waals surface area (Å²) in [5.41, 5.74) is 1.41. The third-order valence-corrected chi connectivity index (χ3v) is 4.10. The molecule has 0 fully saturated rings. The monoisotopic (exact) mass is 303 g/mol. The standard InChI is InChI=1S/C16H17NO3S/c1-16(2,15(19)20)12-3-5-13(6-4-12)17-14(18)9-11-7-8-21-10-11/h3-8,10H,9H2,1-2H3,(H,17,18)(H,19,20). The minimum Gasteiger partial charge on any atom is -0.481 e. The summed E-state index contributed by atoms with van der Waals surface area (Å²) in [4.78, 5) is 23.1. The van der Waals surface area contributed by atoms with E-state index in [9.17, 15) is 14.7 Å². The van der Waals surface area contributed by atoms with Crippen LogP contribution in [0.15, 0.2) is 41.1 Å². The van der Waals surface area contributed by atoms with Gasteiger partial charge >= 0.3 is 5.97 Å². The number of nitrogens with one attached hydrogen (secondary N) is 1. The van der Waals surface area contributed by atoms with Crippen molar-refractivity contribution in [1.82, 2.24) is 0 Å². The minimum absolute atomic E-state index is 0.0846. The molecule has 2 rings (SSSR count). The van der Waals surface area contributed by atoms with Gasteiger partial charge in [0.1, 0.15) is 0 Å². The third kappa shape index (κ3) is 3.70. The summed E-state index contributed by atoms with van der Waals surface area (Å²) < 4.78 is 0. The van der Waals surface area contributed by atoms with Gasteiger partial charge in [0.05, 0.1) is 11.8 Å². The third-order valence-electron chi connectivity index (χ3n) is 3.37. The van der Waals surface area contributed by atoms with Gasteiger partial charge < -0.3 is 10.4 Å². The Kier molecular flexibility index (Phi) is 4.43. The predicted molar refractivity (Wildman–Crippen MR) is 83.8 cm³/mol. The van der Waals surface area contributed by atoms with E-state index in [0.717, 1.165) is 5.56 Å². The van der Waals surface area contributed by atoms with Gasteiger partial charge in [-0.25, -0.2) is 0 Å². The van der Waals surface area contributed by atoms with E-state index < -0.39 is 11.4 Å². The van der Waals surface area contributed by atoms with Gasteiger partial charge in [-0.2, -0.15) is 11.3 Å². The van der Waals surface area contributed by atoms with Crippen molar-refractivity contribution in [3.63, 3.8) is 0 Å².